The van der Waals surface area contributed by atoms with Crippen molar-refractivity contribution in [3.05, 3.63) is 28.0 Å². The van der Waals surface area contributed by atoms with Crippen LogP contribution in [0.15, 0.2) is 12.1 Å². The van der Waals surface area contributed by atoms with Crippen LogP contribution in [0.3, 0.4) is 0 Å². The first-order valence-corrected chi connectivity index (χ1v) is 6.59. The van der Waals surface area contributed by atoms with Crippen LogP contribution in [0.25, 0.3) is 11.0 Å². The van der Waals surface area contributed by atoms with Gasteiger partial charge < -0.3 is 9.30 Å². The molecule has 0 bridgehead atoms. The summed E-state index contributed by atoms with van der Waals surface area (Å²) in [6.45, 7) is 0.134. The second kappa shape index (κ2) is 6.00. The first-order chi connectivity index (χ1) is 9.74. The molecule has 0 unspecified atom stereocenters. The molecule has 0 aliphatic heterocycles. The molecule has 1 aromatic heterocycles. The van der Waals surface area contributed by atoms with E-state index in [-0.39, 0.29) is 34.5 Å². The summed E-state index contributed by atoms with van der Waals surface area (Å²) in [4.78, 5) is 5.19. The molecule has 21 heavy (non-hydrogen) atoms. The standard InChI is InChI=1S/C12H12Cl2F3N3O/c1-19(6-21-2)5-20-10-4-8(14)7(13)3-9(10)18-11(20)12(15,16)17/h3-4H,5-6H2,1-2H3. The molecule has 0 spiro atoms. The van der Waals surface area contributed by atoms with Gasteiger partial charge in [-0.2, -0.15) is 13.2 Å². The third-order valence-corrected chi connectivity index (χ3v) is 3.50. The van der Waals surface area contributed by atoms with Gasteiger partial charge in [-0.15, -0.1) is 0 Å². The maximum absolute atomic E-state index is 13.1. The number of fused-ring (bicyclic) bond motifs is 1. The Morgan fingerprint density at radius 1 is 1.29 bits per heavy atom. The van der Waals surface area contributed by atoms with Crippen molar-refractivity contribution in [1.29, 1.82) is 0 Å². The van der Waals surface area contributed by atoms with Gasteiger partial charge in [0.25, 0.3) is 0 Å². The van der Waals surface area contributed by atoms with Crippen LogP contribution in [0.5, 0.6) is 0 Å². The van der Waals surface area contributed by atoms with Crippen molar-refractivity contribution in [2.24, 2.45) is 0 Å². The van der Waals surface area contributed by atoms with Gasteiger partial charge in [-0.05, 0) is 19.2 Å². The second-order valence-corrected chi connectivity index (χ2v) is 5.35. The Morgan fingerprint density at radius 3 is 2.48 bits per heavy atom. The normalized spacial score (nSPS) is 12.6. The Balaban J connectivity index is 2.60. The largest absolute Gasteiger partial charge is 0.449 e. The predicted octanol–water partition coefficient (Wildman–Crippen LogP) is 3.86. The molecule has 0 aliphatic rings. The van der Waals surface area contributed by atoms with Crippen LogP contribution in [0.1, 0.15) is 5.82 Å². The summed E-state index contributed by atoms with van der Waals surface area (Å²) in [7, 11) is 3.09. The van der Waals surface area contributed by atoms with Crippen LogP contribution < -0.4 is 0 Å². The van der Waals surface area contributed by atoms with E-state index in [0.717, 1.165) is 4.57 Å². The lowest BCUT2D eigenvalue weighted by Crippen LogP contribution is -2.27. The topological polar surface area (TPSA) is 30.3 Å². The van der Waals surface area contributed by atoms with E-state index in [1.807, 2.05) is 0 Å². The number of rotatable bonds is 4. The smallest absolute Gasteiger partial charge is 0.369 e. The quantitative estimate of drug-likeness (QED) is 0.791. The Labute approximate surface area is 129 Å². The van der Waals surface area contributed by atoms with E-state index in [1.54, 1.807) is 11.9 Å². The first-order valence-electron chi connectivity index (χ1n) is 5.84. The van der Waals surface area contributed by atoms with Crippen LogP contribution in [0.2, 0.25) is 10.0 Å². The predicted molar refractivity (Wildman–Crippen MR) is 74.4 cm³/mol. The number of imidazole rings is 1. The van der Waals surface area contributed by atoms with Gasteiger partial charge in [0.2, 0.25) is 5.82 Å². The molecule has 0 fully saturated rings. The Hall–Kier alpha value is -1.02. The summed E-state index contributed by atoms with van der Waals surface area (Å²) in [6.07, 6.45) is -4.58. The highest BCUT2D eigenvalue weighted by Crippen LogP contribution is 2.34. The number of hydrogen-bond acceptors (Lipinski definition) is 3. The number of benzene rings is 1. The molecule has 1 aromatic carbocycles. The van der Waals surface area contributed by atoms with Crippen molar-refractivity contribution >= 4 is 34.2 Å². The minimum Gasteiger partial charge on any atom is -0.369 e. The summed E-state index contributed by atoms with van der Waals surface area (Å²) in [5.74, 6) is -1.00. The first kappa shape index (κ1) is 16.4. The average molecular weight is 342 g/mol. The molecule has 0 amide bonds. The maximum Gasteiger partial charge on any atom is 0.449 e. The zero-order chi connectivity index (χ0) is 15.8. The number of hydrogen-bond donors (Lipinski definition) is 0. The highest BCUT2D eigenvalue weighted by Gasteiger charge is 2.38. The molecular weight excluding hydrogens is 330 g/mol. The van der Waals surface area contributed by atoms with Crippen LogP contribution in [0, 0.1) is 0 Å². The lowest BCUT2D eigenvalue weighted by atomic mass is 10.3. The highest BCUT2D eigenvalue weighted by molar-refractivity contribution is 6.42. The van der Waals surface area contributed by atoms with Gasteiger partial charge in [-0.1, -0.05) is 23.2 Å². The van der Waals surface area contributed by atoms with Gasteiger partial charge in [-0.3, -0.25) is 4.90 Å². The van der Waals surface area contributed by atoms with Gasteiger partial charge in [-0.25, -0.2) is 4.98 Å². The molecule has 0 atom stereocenters. The Bertz CT molecular complexity index is 657. The van der Waals surface area contributed by atoms with Crippen molar-refractivity contribution in [3.63, 3.8) is 0 Å². The summed E-state index contributed by atoms with van der Waals surface area (Å²) in [5, 5.41) is 0.334. The van der Waals surface area contributed by atoms with E-state index in [0.29, 0.717) is 0 Å². The fraction of sp³-hybridized carbons (Fsp3) is 0.417. The van der Waals surface area contributed by atoms with Gasteiger partial charge in [0.05, 0.1) is 34.5 Å². The second-order valence-electron chi connectivity index (χ2n) is 4.53. The molecule has 0 N–H and O–H groups in total. The summed E-state index contributed by atoms with van der Waals surface area (Å²) in [6, 6.07) is 2.70. The van der Waals surface area contributed by atoms with Crippen molar-refractivity contribution < 1.29 is 17.9 Å². The van der Waals surface area contributed by atoms with Crippen molar-refractivity contribution in [2.75, 3.05) is 20.9 Å². The maximum atomic E-state index is 13.1. The molecule has 9 heteroatoms. The number of methoxy groups -OCH3 is 1. The molecule has 116 valence electrons. The van der Waals surface area contributed by atoms with Crippen molar-refractivity contribution in [1.82, 2.24) is 14.5 Å². The molecule has 0 radical (unpaired) electrons. The third kappa shape index (κ3) is 3.42. The minimum atomic E-state index is -4.58. The Kier molecular flexibility index (Phi) is 4.67. The molecule has 2 aromatic rings. The molecule has 4 nitrogen and oxygen atoms in total. The zero-order valence-corrected chi connectivity index (χ0v) is 12.7. The lowest BCUT2D eigenvalue weighted by molar-refractivity contribution is -0.148. The summed E-state index contributed by atoms with van der Waals surface area (Å²) in [5.41, 5.74) is 0.405. The number of halogens is 5. The molecule has 0 saturated carbocycles. The van der Waals surface area contributed by atoms with E-state index in [9.17, 15) is 13.2 Å². The van der Waals surface area contributed by atoms with Crippen LogP contribution in [-0.4, -0.2) is 35.3 Å². The lowest BCUT2D eigenvalue weighted by Gasteiger charge is -2.19. The number of nitrogens with zero attached hydrogens (tertiary/aromatic N) is 3. The summed E-state index contributed by atoms with van der Waals surface area (Å²) >= 11 is 11.7. The van der Waals surface area contributed by atoms with Gasteiger partial charge in [0, 0.05) is 7.11 Å². The van der Waals surface area contributed by atoms with Gasteiger partial charge >= 0.3 is 6.18 Å². The molecule has 0 aliphatic carbocycles. The van der Waals surface area contributed by atoms with E-state index in [2.05, 4.69) is 4.98 Å². The zero-order valence-electron chi connectivity index (χ0n) is 11.2. The fourth-order valence-electron chi connectivity index (χ4n) is 1.98. The molecule has 0 saturated heterocycles. The van der Waals surface area contributed by atoms with E-state index < -0.39 is 12.0 Å². The minimum absolute atomic E-state index is 0.0445. The third-order valence-electron chi connectivity index (χ3n) is 2.78. The van der Waals surface area contributed by atoms with Crippen LogP contribution >= 0.6 is 23.2 Å². The SMILES string of the molecule is COCN(C)Cn1c(C(F)(F)F)nc2cc(Cl)c(Cl)cc21. The van der Waals surface area contributed by atoms with Gasteiger partial charge in [0.15, 0.2) is 0 Å². The van der Waals surface area contributed by atoms with E-state index in [4.69, 9.17) is 27.9 Å². The fourth-order valence-corrected chi connectivity index (χ4v) is 2.30. The summed E-state index contributed by atoms with van der Waals surface area (Å²) < 4.78 is 45.3. The monoisotopic (exact) mass is 341 g/mol. The number of alkyl halides is 3. The number of aromatic nitrogens is 2. The molecule has 1 heterocycles. The van der Waals surface area contributed by atoms with Crippen molar-refractivity contribution in [3.8, 4) is 0 Å². The average Bonchev–Trinajstić information content (AvgIpc) is 2.68. The Morgan fingerprint density at radius 2 is 1.90 bits per heavy atom. The van der Waals surface area contributed by atoms with E-state index in [1.165, 1.54) is 19.2 Å². The molecule has 2 rings (SSSR count). The van der Waals surface area contributed by atoms with Gasteiger partial charge in [0.1, 0.15) is 0 Å². The molecular formula is C12H12Cl2F3N3O. The van der Waals surface area contributed by atoms with E-state index >= 15 is 0 Å². The van der Waals surface area contributed by atoms with Crippen LogP contribution in [0.4, 0.5) is 13.2 Å². The highest BCUT2D eigenvalue weighted by atomic mass is 35.5. The van der Waals surface area contributed by atoms with Crippen LogP contribution in [-0.2, 0) is 17.6 Å². The number of ether oxygens (including phenoxy) is 1. The van der Waals surface area contributed by atoms with Crippen molar-refractivity contribution in [2.45, 2.75) is 12.8 Å².